The minimum atomic E-state index is -0.690. The van der Waals surface area contributed by atoms with Crippen molar-refractivity contribution in [2.75, 3.05) is 36.4 Å². The fourth-order valence-electron chi connectivity index (χ4n) is 2.59. The zero-order chi connectivity index (χ0) is 17.6. The molecule has 1 aliphatic rings. The lowest BCUT2D eigenvalue weighted by Crippen LogP contribution is -2.28. The molecule has 132 valence electrons. The minimum absolute atomic E-state index is 0.0949. The largest absolute Gasteiger partial charge is 0.433 e. The molecule has 10 heteroatoms. The third kappa shape index (κ3) is 4.22. The zero-order valence-electron chi connectivity index (χ0n) is 13.5. The van der Waals surface area contributed by atoms with Crippen molar-refractivity contribution in [1.29, 1.82) is 0 Å². The Morgan fingerprint density at radius 2 is 2.12 bits per heavy atom. The van der Waals surface area contributed by atoms with Crippen molar-refractivity contribution in [2.45, 2.75) is 12.8 Å². The quantitative estimate of drug-likeness (QED) is 0.438. The summed E-state index contributed by atoms with van der Waals surface area (Å²) in [5.41, 5.74) is 1.03. The van der Waals surface area contributed by atoms with E-state index in [1.54, 1.807) is 6.20 Å². The molecule has 0 spiro atoms. The molecule has 25 heavy (non-hydrogen) atoms. The first-order valence-electron chi connectivity index (χ1n) is 7.97. The summed E-state index contributed by atoms with van der Waals surface area (Å²) in [6.07, 6.45) is 4.10. The normalized spacial score (nSPS) is 13.7. The van der Waals surface area contributed by atoms with E-state index in [0.717, 1.165) is 24.8 Å². The van der Waals surface area contributed by atoms with Crippen molar-refractivity contribution in [1.82, 2.24) is 15.5 Å². The molecule has 10 nitrogen and oxygen atoms in total. The number of amides is 1. The Balaban J connectivity index is 1.45. The molecule has 1 aliphatic heterocycles. The molecule has 2 aromatic rings. The summed E-state index contributed by atoms with van der Waals surface area (Å²) in [6, 6.07) is 4.34. The van der Waals surface area contributed by atoms with Gasteiger partial charge in [0.1, 0.15) is 4.92 Å². The Kier molecular flexibility index (Phi) is 5.07. The maximum Gasteiger partial charge on any atom is 0.433 e. The van der Waals surface area contributed by atoms with Crippen LogP contribution < -0.4 is 15.5 Å². The van der Waals surface area contributed by atoms with E-state index in [-0.39, 0.29) is 5.76 Å². The first-order valence-corrected chi connectivity index (χ1v) is 7.97. The maximum absolute atomic E-state index is 11.8. The van der Waals surface area contributed by atoms with E-state index in [1.165, 1.54) is 18.9 Å². The first kappa shape index (κ1) is 16.7. The molecule has 2 aromatic heterocycles. The summed E-state index contributed by atoms with van der Waals surface area (Å²) in [5.74, 6) is -0.432. The Morgan fingerprint density at radius 3 is 2.84 bits per heavy atom. The van der Waals surface area contributed by atoms with E-state index in [2.05, 4.69) is 25.7 Å². The van der Waals surface area contributed by atoms with Gasteiger partial charge >= 0.3 is 5.88 Å². The second kappa shape index (κ2) is 7.60. The molecule has 2 N–H and O–H groups in total. The number of nitro groups is 1. The highest BCUT2D eigenvalue weighted by Gasteiger charge is 2.17. The number of aromatic nitrogens is 2. The molecule has 0 saturated carbocycles. The van der Waals surface area contributed by atoms with Gasteiger partial charge in [0.25, 0.3) is 5.91 Å². The molecule has 1 saturated heterocycles. The fourth-order valence-corrected chi connectivity index (χ4v) is 2.59. The number of nitrogens with one attached hydrogen (secondary N) is 2. The standard InChI is InChI=1S/C15H18N6O4/c22-15(12-3-4-14(25-12)21(23)24)17-6-5-16-13-9-11(10-18-19-13)20-7-1-2-8-20/h3-4,9-10H,1-2,5-8H2,(H,16,19)(H,17,22). The molecule has 1 amide bonds. The van der Waals surface area contributed by atoms with Gasteiger partial charge in [-0.25, -0.2) is 0 Å². The van der Waals surface area contributed by atoms with Gasteiger partial charge in [0.15, 0.2) is 11.6 Å². The second-order valence-electron chi connectivity index (χ2n) is 5.57. The van der Waals surface area contributed by atoms with Gasteiger partial charge < -0.3 is 20.0 Å². The van der Waals surface area contributed by atoms with Crippen molar-refractivity contribution >= 4 is 23.3 Å². The molecule has 0 atom stereocenters. The van der Waals surface area contributed by atoms with Crippen LogP contribution in [0.3, 0.4) is 0 Å². The summed E-state index contributed by atoms with van der Waals surface area (Å²) >= 11 is 0. The molecule has 0 radical (unpaired) electrons. The Bertz CT molecular complexity index is 756. The number of furan rings is 1. The number of anilines is 2. The van der Waals surface area contributed by atoms with Crippen LogP contribution in [0.5, 0.6) is 0 Å². The van der Waals surface area contributed by atoms with Gasteiger partial charge in [-0.3, -0.25) is 14.9 Å². The molecule has 3 heterocycles. The summed E-state index contributed by atoms with van der Waals surface area (Å²) in [4.78, 5) is 23.9. The van der Waals surface area contributed by atoms with Crippen LogP contribution in [-0.4, -0.2) is 47.2 Å². The van der Waals surface area contributed by atoms with Crippen LogP contribution in [0.4, 0.5) is 17.4 Å². The molecule has 0 aliphatic carbocycles. The van der Waals surface area contributed by atoms with Gasteiger partial charge in [0, 0.05) is 32.2 Å². The number of nitrogens with zero attached hydrogens (tertiary/aromatic N) is 4. The summed E-state index contributed by atoms with van der Waals surface area (Å²) in [6.45, 7) is 2.79. The average molecular weight is 346 g/mol. The monoisotopic (exact) mass is 346 g/mol. The minimum Gasteiger partial charge on any atom is -0.395 e. The van der Waals surface area contributed by atoms with Gasteiger partial charge in [0.05, 0.1) is 18.0 Å². The van der Waals surface area contributed by atoms with Crippen LogP contribution in [0.15, 0.2) is 28.8 Å². The topological polar surface area (TPSA) is 126 Å². The zero-order valence-corrected chi connectivity index (χ0v) is 13.5. The lowest BCUT2D eigenvalue weighted by molar-refractivity contribution is -0.402. The number of hydrogen-bond acceptors (Lipinski definition) is 8. The van der Waals surface area contributed by atoms with E-state index >= 15 is 0 Å². The van der Waals surface area contributed by atoms with Gasteiger partial charge in [-0.2, -0.15) is 5.10 Å². The van der Waals surface area contributed by atoms with Crippen LogP contribution in [0.25, 0.3) is 0 Å². The van der Waals surface area contributed by atoms with E-state index in [4.69, 9.17) is 4.42 Å². The summed E-state index contributed by atoms with van der Waals surface area (Å²) < 4.78 is 4.84. The Labute approximate surface area is 143 Å². The summed E-state index contributed by atoms with van der Waals surface area (Å²) in [7, 11) is 0. The van der Waals surface area contributed by atoms with Crippen molar-refractivity contribution in [2.24, 2.45) is 0 Å². The highest BCUT2D eigenvalue weighted by molar-refractivity contribution is 5.91. The molecule has 3 rings (SSSR count). The van der Waals surface area contributed by atoms with E-state index in [9.17, 15) is 14.9 Å². The van der Waals surface area contributed by atoms with Gasteiger partial charge in [-0.1, -0.05) is 0 Å². The molecular formula is C15H18N6O4. The number of carbonyl (C=O) groups is 1. The smallest absolute Gasteiger partial charge is 0.395 e. The van der Waals surface area contributed by atoms with Crippen molar-refractivity contribution < 1.29 is 14.1 Å². The van der Waals surface area contributed by atoms with Crippen LogP contribution in [0.2, 0.25) is 0 Å². The molecular weight excluding hydrogens is 328 g/mol. The highest BCUT2D eigenvalue weighted by Crippen LogP contribution is 2.20. The number of hydrogen-bond donors (Lipinski definition) is 2. The van der Waals surface area contributed by atoms with E-state index in [0.29, 0.717) is 18.9 Å². The van der Waals surface area contributed by atoms with Crippen LogP contribution in [0.1, 0.15) is 23.4 Å². The fraction of sp³-hybridized carbons (Fsp3) is 0.400. The highest BCUT2D eigenvalue weighted by atomic mass is 16.6. The predicted molar refractivity (Wildman–Crippen MR) is 89.7 cm³/mol. The van der Waals surface area contributed by atoms with E-state index in [1.807, 2.05) is 6.07 Å². The van der Waals surface area contributed by atoms with Gasteiger partial charge in [0.2, 0.25) is 0 Å². The van der Waals surface area contributed by atoms with Crippen LogP contribution in [0, 0.1) is 10.1 Å². The maximum atomic E-state index is 11.8. The SMILES string of the molecule is O=C(NCCNc1cc(N2CCCC2)cnn1)c1ccc([N+](=O)[O-])o1. The molecule has 0 aromatic carbocycles. The van der Waals surface area contributed by atoms with Crippen molar-refractivity contribution in [3.05, 3.63) is 40.3 Å². The van der Waals surface area contributed by atoms with E-state index < -0.39 is 16.7 Å². The molecule has 0 bridgehead atoms. The molecule has 0 unspecified atom stereocenters. The summed E-state index contributed by atoms with van der Waals surface area (Å²) in [5, 5.41) is 24.2. The van der Waals surface area contributed by atoms with Crippen molar-refractivity contribution in [3.63, 3.8) is 0 Å². The average Bonchev–Trinajstić information content (AvgIpc) is 3.30. The molecule has 1 fully saturated rings. The Morgan fingerprint density at radius 1 is 1.32 bits per heavy atom. The number of rotatable bonds is 7. The second-order valence-corrected chi connectivity index (χ2v) is 5.57. The lowest BCUT2D eigenvalue weighted by atomic mass is 10.4. The number of carbonyl (C=O) groups excluding carboxylic acids is 1. The third-order valence-corrected chi connectivity index (χ3v) is 3.82. The van der Waals surface area contributed by atoms with Crippen LogP contribution >= 0.6 is 0 Å². The van der Waals surface area contributed by atoms with Crippen LogP contribution in [-0.2, 0) is 0 Å². The predicted octanol–water partition coefficient (Wildman–Crippen LogP) is 1.42. The third-order valence-electron chi connectivity index (χ3n) is 3.82. The van der Waals surface area contributed by atoms with Gasteiger partial charge in [-0.05, 0) is 18.9 Å². The van der Waals surface area contributed by atoms with Gasteiger partial charge in [-0.15, -0.1) is 5.10 Å². The lowest BCUT2D eigenvalue weighted by Gasteiger charge is -2.17. The Hall–Kier alpha value is -3.17. The van der Waals surface area contributed by atoms with Crippen molar-refractivity contribution in [3.8, 4) is 0 Å². The first-order chi connectivity index (χ1) is 12.1.